The molecule has 0 radical (unpaired) electrons. The van der Waals surface area contributed by atoms with Crippen LogP contribution in [-0.2, 0) is 0 Å². The molecule has 82 valence electrons. The maximum absolute atomic E-state index is 11.6. The summed E-state index contributed by atoms with van der Waals surface area (Å²) in [5, 5.41) is 8.83. The molecule has 1 aromatic carbocycles. The number of hydrogen-bond donors (Lipinski definition) is 2. The van der Waals surface area contributed by atoms with Gasteiger partial charge in [0.2, 0.25) is 5.82 Å². The second kappa shape index (κ2) is 4.44. The van der Waals surface area contributed by atoms with E-state index >= 15 is 0 Å². The van der Waals surface area contributed by atoms with Crippen LogP contribution in [0.25, 0.3) is 0 Å². The molecule has 0 fully saturated rings. The monoisotopic (exact) mass is 280 g/mol. The second-order valence-corrected chi connectivity index (χ2v) is 4.11. The maximum Gasteiger partial charge on any atom is 0.292 e. The third-order valence-electron chi connectivity index (χ3n) is 2.05. The number of carbonyl (C=O) groups excluding carboxylic acids is 1. The van der Waals surface area contributed by atoms with E-state index in [-0.39, 0.29) is 11.7 Å². The fourth-order valence-electron chi connectivity index (χ4n) is 1.23. The summed E-state index contributed by atoms with van der Waals surface area (Å²) in [4.78, 5) is 15.4. The van der Waals surface area contributed by atoms with Gasteiger partial charge in [0.15, 0.2) is 0 Å². The fraction of sp³-hybridized carbons (Fsp3) is 0.100. The minimum absolute atomic E-state index is 0.195. The Balaban J connectivity index is 2.15. The number of aromatic nitrogens is 3. The molecule has 0 saturated carbocycles. The van der Waals surface area contributed by atoms with Gasteiger partial charge < -0.3 is 5.32 Å². The molecule has 0 unspecified atom stereocenters. The van der Waals surface area contributed by atoms with Crippen LogP contribution in [0.5, 0.6) is 0 Å². The standard InChI is InChI=1S/C10H9BrN4O/c1-6-4-7(2-3-8(6)11)14-10(16)9-12-5-13-15-9/h2-5H,1H3,(H,14,16)(H,12,13,15). The summed E-state index contributed by atoms with van der Waals surface area (Å²) >= 11 is 3.39. The molecule has 6 heteroatoms. The minimum atomic E-state index is -0.306. The molecule has 1 amide bonds. The highest BCUT2D eigenvalue weighted by atomic mass is 79.9. The summed E-state index contributed by atoms with van der Waals surface area (Å²) in [6, 6.07) is 5.56. The molecule has 0 atom stereocenters. The van der Waals surface area contributed by atoms with Gasteiger partial charge in [0.05, 0.1) is 0 Å². The first kappa shape index (κ1) is 10.8. The predicted octanol–water partition coefficient (Wildman–Crippen LogP) is 2.13. The first-order chi connectivity index (χ1) is 7.66. The van der Waals surface area contributed by atoms with Crippen molar-refractivity contribution in [3.8, 4) is 0 Å². The van der Waals surface area contributed by atoms with Crippen LogP contribution in [0.2, 0.25) is 0 Å². The first-order valence-corrected chi connectivity index (χ1v) is 5.39. The summed E-state index contributed by atoms with van der Waals surface area (Å²) in [6.07, 6.45) is 1.29. The van der Waals surface area contributed by atoms with E-state index in [1.165, 1.54) is 6.33 Å². The Labute approximate surface area is 100 Å². The van der Waals surface area contributed by atoms with Crippen LogP contribution in [-0.4, -0.2) is 21.1 Å². The molecule has 2 aromatic rings. The lowest BCUT2D eigenvalue weighted by atomic mass is 10.2. The van der Waals surface area contributed by atoms with Crippen molar-refractivity contribution in [2.24, 2.45) is 0 Å². The number of aryl methyl sites for hydroxylation is 1. The van der Waals surface area contributed by atoms with Gasteiger partial charge in [0.25, 0.3) is 5.91 Å². The Morgan fingerprint density at radius 2 is 2.31 bits per heavy atom. The molecule has 0 saturated heterocycles. The highest BCUT2D eigenvalue weighted by molar-refractivity contribution is 9.10. The first-order valence-electron chi connectivity index (χ1n) is 4.59. The van der Waals surface area contributed by atoms with Gasteiger partial charge >= 0.3 is 0 Å². The van der Waals surface area contributed by atoms with E-state index in [1.807, 2.05) is 25.1 Å². The van der Waals surface area contributed by atoms with Crippen LogP contribution in [0.4, 0.5) is 5.69 Å². The van der Waals surface area contributed by atoms with Crippen LogP contribution in [0.15, 0.2) is 29.0 Å². The zero-order valence-corrected chi connectivity index (χ0v) is 10.1. The summed E-state index contributed by atoms with van der Waals surface area (Å²) in [7, 11) is 0. The number of nitrogens with one attached hydrogen (secondary N) is 2. The van der Waals surface area contributed by atoms with Crippen LogP contribution in [0.1, 0.15) is 16.2 Å². The number of H-pyrrole nitrogens is 1. The van der Waals surface area contributed by atoms with Crippen molar-refractivity contribution in [1.82, 2.24) is 15.2 Å². The smallest absolute Gasteiger partial charge is 0.292 e. The Hall–Kier alpha value is -1.69. The van der Waals surface area contributed by atoms with Gasteiger partial charge in [-0.1, -0.05) is 15.9 Å². The number of benzene rings is 1. The largest absolute Gasteiger partial charge is 0.319 e. The van der Waals surface area contributed by atoms with Gasteiger partial charge in [-0.05, 0) is 30.7 Å². The number of rotatable bonds is 2. The number of carbonyl (C=O) groups is 1. The van der Waals surface area contributed by atoms with Crippen LogP contribution >= 0.6 is 15.9 Å². The molecule has 2 rings (SSSR count). The van der Waals surface area contributed by atoms with E-state index in [2.05, 4.69) is 36.4 Å². The Morgan fingerprint density at radius 3 is 2.94 bits per heavy atom. The van der Waals surface area contributed by atoms with Gasteiger partial charge in [-0.2, -0.15) is 5.10 Å². The molecule has 0 aliphatic rings. The van der Waals surface area contributed by atoms with Crippen molar-refractivity contribution < 1.29 is 4.79 Å². The lowest BCUT2D eigenvalue weighted by Gasteiger charge is -2.05. The molecule has 0 aliphatic heterocycles. The molecular formula is C10H9BrN4O. The van der Waals surface area contributed by atoms with E-state index in [0.717, 1.165) is 15.7 Å². The SMILES string of the molecule is Cc1cc(NC(=O)c2ncn[nH]2)ccc1Br. The Kier molecular flexibility index (Phi) is 3.00. The number of hydrogen-bond acceptors (Lipinski definition) is 3. The van der Waals surface area contributed by atoms with E-state index in [1.54, 1.807) is 0 Å². The summed E-state index contributed by atoms with van der Waals surface area (Å²) in [5.74, 6) is -0.111. The summed E-state index contributed by atoms with van der Waals surface area (Å²) < 4.78 is 1.00. The van der Waals surface area contributed by atoms with Gasteiger partial charge in [-0.25, -0.2) is 4.98 Å². The molecule has 5 nitrogen and oxygen atoms in total. The second-order valence-electron chi connectivity index (χ2n) is 3.25. The maximum atomic E-state index is 11.6. The molecular weight excluding hydrogens is 272 g/mol. The highest BCUT2D eigenvalue weighted by Crippen LogP contribution is 2.20. The molecule has 0 spiro atoms. The van der Waals surface area contributed by atoms with E-state index in [9.17, 15) is 4.79 Å². The van der Waals surface area contributed by atoms with Crippen molar-refractivity contribution in [3.05, 3.63) is 40.4 Å². The third kappa shape index (κ3) is 2.27. The minimum Gasteiger partial charge on any atom is -0.319 e. The van der Waals surface area contributed by atoms with Gasteiger partial charge in [0, 0.05) is 10.2 Å². The number of nitrogens with zero attached hydrogens (tertiary/aromatic N) is 2. The van der Waals surface area contributed by atoms with E-state index in [0.29, 0.717) is 0 Å². The Bertz CT molecular complexity index is 510. The van der Waals surface area contributed by atoms with Crippen molar-refractivity contribution in [2.75, 3.05) is 5.32 Å². The van der Waals surface area contributed by atoms with Crippen molar-refractivity contribution >= 4 is 27.5 Å². The van der Waals surface area contributed by atoms with Gasteiger partial charge in [-0.15, -0.1) is 0 Å². The average Bonchev–Trinajstić information content (AvgIpc) is 2.77. The molecule has 0 aliphatic carbocycles. The summed E-state index contributed by atoms with van der Waals surface area (Å²) in [6.45, 7) is 1.95. The quantitative estimate of drug-likeness (QED) is 0.885. The zero-order valence-electron chi connectivity index (χ0n) is 8.49. The van der Waals surface area contributed by atoms with Crippen LogP contribution in [0.3, 0.4) is 0 Å². The zero-order chi connectivity index (χ0) is 11.5. The lowest BCUT2D eigenvalue weighted by Crippen LogP contribution is -2.13. The number of amides is 1. The molecule has 1 aromatic heterocycles. The van der Waals surface area contributed by atoms with Crippen molar-refractivity contribution in [2.45, 2.75) is 6.92 Å². The van der Waals surface area contributed by atoms with Crippen LogP contribution in [0, 0.1) is 6.92 Å². The van der Waals surface area contributed by atoms with Crippen molar-refractivity contribution in [1.29, 1.82) is 0 Å². The molecule has 1 heterocycles. The summed E-state index contributed by atoms with van der Waals surface area (Å²) in [5.41, 5.74) is 1.78. The highest BCUT2D eigenvalue weighted by Gasteiger charge is 2.08. The van der Waals surface area contributed by atoms with Crippen LogP contribution < -0.4 is 5.32 Å². The van der Waals surface area contributed by atoms with E-state index < -0.39 is 0 Å². The van der Waals surface area contributed by atoms with Gasteiger partial charge in [-0.3, -0.25) is 9.89 Å². The van der Waals surface area contributed by atoms with E-state index in [4.69, 9.17) is 0 Å². The number of anilines is 1. The molecule has 2 N–H and O–H groups in total. The molecule has 16 heavy (non-hydrogen) atoms. The normalized spacial score (nSPS) is 10.1. The third-order valence-corrected chi connectivity index (χ3v) is 2.94. The topological polar surface area (TPSA) is 70.7 Å². The predicted molar refractivity (Wildman–Crippen MR) is 63.2 cm³/mol. The fourth-order valence-corrected chi connectivity index (χ4v) is 1.47. The van der Waals surface area contributed by atoms with Crippen molar-refractivity contribution in [3.63, 3.8) is 0 Å². The average molecular weight is 281 g/mol. The number of aromatic amines is 1. The molecule has 0 bridgehead atoms. The Morgan fingerprint density at radius 1 is 1.50 bits per heavy atom. The lowest BCUT2D eigenvalue weighted by molar-refractivity contribution is 0.101. The number of halogens is 1. The van der Waals surface area contributed by atoms with Gasteiger partial charge in [0.1, 0.15) is 6.33 Å².